The van der Waals surface area contributed by atoms with Crippen LogP contribution in [-0.4, -0.2) is 37.0 Å². The number of unbranched alkanes of at least 4 members (excludes halogenated alkanes) is 2. The molecule has 0 unspecified atom stereocenters. The van der Waals surface area contributed by atoms with E-state index in [9.17, 15) is 18.0 Å². The van der Waals surface area contributed by atoms with Crippen LogP contribution in [0.5, 0.6) is 11.5 Å². The van der Waals surface area contributed by atoms with Crippen molar-refractivity contribution in [1.29, 1.82) is 0 Å². The van der Waals surface area contributed by atoms with Crippen LogP contribution in [0.3, 0.4) is 0 Å². The van der Waals surface area contributed by atoms with Crippen molar-refractivity contribution in [3.63, 3.8) is 0 Å². The zero-order chi connectivity index (χ0) is 27.5. The van der Waals surface area contributed by atoms with E-state index in [2.05, 4.69) is 13.5 Å². The molecule has 214 valence electrons. The van der Waals surface area contributed by atoms with Crippen LogP contribution in [0.1, 0.15) is 84.0 Å². The van der Waals surface area contributed by atoms with Crippen molar-refractivity contribution in [1.82, 2.24) is 0 Å². The second-order valence-corrected chi connectivity index (χ2v) is 10.9. The Morgan fingerprint density at radius 3 is 2.29 bits per heavy atom. The molecule has 2 aliphatic rings. The van der Waals surface area contributed by atoms with Crippen LogP contribution >= 0.6 is 0 Å². The van der Waals surface area contributed by atoms with Crippen molar-refractivity contribution in [2.45, 2.75) is 90.1 Å². The molecule has 0 amide bonds. The van der Waals surface area contributed by atoms with Gasteiger partial charge in [-0.05, 0) is 68.4 Å². The largest absolute Gasteiger partial charge is 0.490 e. The van der Waals surface area contributed by atoms with Crippen molar-refractivity contribution in [3.05, 3.63) is 36.2 Å². The normalized spacial score (nSPS) is 24.0. The van der Waals surface area contributed by atoms with E-state index >= 15 is 0 Å². The summed E-state index contributed by atoms with van der Waals surface area (Å²) in [7, 11) is 0. The highest BCUT2D eigenvalue weighted by Crippen LogP contribution is 2.46. The second-order valence-electron chi connectivity index (χ2n) is 10.9. The third kappa shape index (κ3) is 8.92. The number of hydrogen-bond acceptors (Lipinski definition) is 5. The molecule has 3 rings (SSSR count). The summed E-state index contributed by atoms with van der Waals surface area (Å²) in [5.41, 5.74) is -0.0905. The van der Waals surface area contributed by atoms with E-state index in [0.717, 1.165) is 30.9 Å². The lowest BCUT2D eigenvalue weighted by Crippen LogP contribution is -2.38. The Balaban J connectivity index is 1.41. The number of rotatable bonds is 14. The van der Waals surface area contributed by atoms with Gasteiger partial charge in [-0.15, -0.1) is 0 Å². The smallest absolute Gasteiger partial charge is 0.400 e. The van der Waals surface area contributed by atoms with Crippen molar-refractivity contribution < 1.29 is 37.3 Å². The Morgan fingerprint density at radius 1 is 1.03 bits per heavy atom. The number of aliphatic hydroxyl groups is 1. The fourth-order valence-electron chi connectivity index (χ4n) is 5.90. The van der Waals surface area contributed by atoms with Crippen molar-refractivity contribution in [2.24, 2.45) is 23.7 Å². The average Bonchev–Trinajstić information content (AvgIpc) is 2.92. The number of halogens is 3. The summed E-state index contributed by atoms with van der Waals surface area (Å²) < 4.78 is 59.5. The minimum atomic E-state index is -3.45. The maximum atomic E-state index is 15.0. The number of aliphatic hydroxyl groups excluding tert-OH is 1. The molecule has 0 atom stereocenters. The molecule has 0 aromatic heterocycles. The lowest BCUT2D eigenvalue weighted by molar-refractivity contribution is -0.225. The quantitative estimate of drug-likeness (QED) is 0.151. The molecule has 1 aromatic rings. The molecule has 1 N–H and O–H groups in total. The average molecular weight is 541 g/mol. The van der Waals surface area contributed by atoms with E-state index in [0.29, 0.717) is 24.7 Å². The first kappa shape index (κ1) is 30.3. The molecule has 0 heterocycles. The number of benzene rings is 1. The molecule has 1 aromatic carbocycles. The number of ether oxygens (including phenoxy) is 3. The molecule has 0 bridgehead atoms. The van der Waals surface area contributed by atoms with Gasteiger partial charge in [0.2, 0.25) is 0 Å². The van der Waals surface area contributed by atoms with E-state index in [1.54, 1.807) is 0 Å². The Hall–Kier alpha value is -2.22. The Kier molecular flexibility index (Phi) is 11.8. The molecular formula is C30H43F3O5. The van der Waals surface area contributed by atoms with Crippen LogP contribution in [-0.2, 0) is 9.53 Å². The van der Waals surface area contributed by atoms with Crippen molar-refractivity contribution in [2.75, 3.05) is 19.8 Å². The molecule has 2 fully saturated rings. The minimum Gasteiger partial charge on any atom is -0.490 e. The maximum absolute atomic E-state index is 15.0. The number of carbonyl (C=O) groups is 1. The van der Waals surface area contributed by atoms with Crippen molar-refractivity contribution >= 4 is 5.97 Å². The summed E-state index contributed by atoms with van der Waals surface area (Å²) in [4.78, 5) is 11.4. The lowest BCUT2D eigenvalue weighted by atomic mass is 9.68. The number of alkyl halides is 2. The molecule has 0 aliphatic heterocycles. The molecule has 5 nitrogen and oxygen atoms in total. The fraction of sp³-hybridized carbons (Fsp3) is 0.700. The number of esters is 1. The first-order chi connectivity index (χ1) is 18.2. The summed E-state index contributed by atoms with van der Waals surface area (Å²) >= 11 is 0. The molecule has 8 heteroatoms. The monoisotopic (exact) mass is 540 g/mol. The Morgan fingerprint density at radius 2 is 1.68 bits per heavy atom. The van der Waals surface area contributed by atoms with Gasteiger partial charge in [0.05, 0.1) is 18.1 Å². The van der Waals surface area contributed by atoms with E-state index in [1.807, 2.05) is 0 Å². The predicted octanol–water partition coefficient (Wildman–Crippen LogP) is 7.46. The third-order valence-electron chi connectivity index (χ3n) is 8.24. The van der Waals surface area contributed by atoms with E-state index < -0.39 is 36.2 Å². The van der Waals surface area contributed by atoms with Crippen molar-refractivity contribution in [3.8, 4) is 11.5 Å². The number of carbonyl (C=O) groups excluding carboxylic acids is 1. The summed E-state index contributed by atoms with van der Waals surface area (Å²) in [6, 6.07) is 3.43. The summed E-state index contributed by atoms with van der Waals surface area (Å²) in [5, 5.41) is 8.82. The lowest BCUT2D eigenvalue weighted by Gasteiger charge is -2.39. The van der Waals surface area contributed by atoms with Crippen LogP contribution in [0.15, 0.2) is 30.4 Å². The molecule has 38 heavy (non-hydrogen) atoms. The van der Waals surface area contributed by atoms with Gasteiger partial charge in [0.1, 0.15) is 19.0 Å². The van der Waals surface area contributed by atoms with Crippen LogP contribution in [0.2, 0.25) is 0 Å². The van der Waals surface area contributed by atoms with Gasteiger partial charge in [-0.2, -0.15) is 8.78 Å². The zero-order valence-corrected chi connectivity index (χ0v) is 22.6. The molecule has 2 saturated carbocycles. The highest BCUT2D eigenvalue weighted by Gasteiger charge is 2.45. The SMILES string of the molecule is C=C(CO)C(=O)OCCOc1ccc(OC(F)(F)C2CCC(C3CCC(CCCCC)CC3)CC2)c(F)c1. The van der Waals surface area contributed by atoms with Gasteiger partial charge in [0.15, 0.2) is 11.6 Å². The van der Waals surface area contributed by atoms with Crippen LogP contribution in [0.4, 0.5) is 13.2 Å². The van der Waals surface area contributed by atoms with E-state index in [4.69, 9.17) is 19.3 Å². The van der Waals surface area contributed by atoms with Crippen LogP contribution in [0, 0.1) is 29.5 Å². The maximum Gasteiger partial charge on any atom is 0.400 e. The summed E-state index contributed by atoms with van der Waals surface area (Å²) in [6.07, 6.45) is 9.09. The molecular weight excluding hydrogens is 497 g/mol. The summed E-state index contributed by atoms with van der Waals surface area (Å²) in [6.45, 7) is 4.84. The molecule has 0 spiro atoms. The molecule has 0 saturated heterocycles. The van der Waals surface area contributed by atoms with Gasteiger partial charge < -0.3 is 19.3 Å². The van der Waals surface area contributed by atoms with Crippen LogP contribution in [0.25, 0.3) is 0 Å². The molecule has 2 aliphatic carbocycles. The minimum absolute atomic E-state index is 0.0794. The standard InChI is InChI=1S/C30H43F3O5/c1-3-4-5-6-22-7-9-23(10-8-22)24-11-13-25(14-12-24)30(32,33)38-28-16-15-26(19-27(28)31)36-17-18-37-29(35)21(2)20-34/h15-16,19,22-25,34H,2-14,17-18,20H2,1H3. The predicted molar refractivity (Wildman–Crippen MR) is 140 cm³/mol. The van der Waals surface area contributed by atoms with Gasteiger partial charge in [-0.3, -0.25) is 0 Å². The van der Waals surface area contributed by atoms with E-state index in [-0.39, 0.29) is 24.5 Å². The Labute approximate surface area is 224 Å². The van der Waals surface area contributed by atoms with Gasteiger partial charge in [-0.25, -0.2) is 9.18 Å². The molecule has 0 radical (unpaired) electrons. The highest BCUT2D eigenvalue weighted by atomic mass is 19.3. The zero-order valence-electron chi connectivity index (χ0n) is 22.6. The second kappa shape index (κ2) is 14.8. The van der Waals surface area contributed by atoms with Gasteiger partial charge in [-0.1, -0.05) is 52.0 Å². The fourth-order valence-corrected chi connectivity index (χ4v) is 5.90. The van der Waals surface area contributed by atoms with Gasteiger partial charge in [0.25, 0.3) is 0 Å². The first-order valence-corrected chi connectivity index (χ1v) is 14.2. The number of hydrogen-bond donors (Lipinski definition) is 1. The van der Waals surface area contributed by atoms with Gasteiger partial charge >= 0.3 is 12.1 Å². The van der Waals surface area contributed by atoms with E-state index in [1.165, 1.54) is 57.4 Å². The highest BCUT2D eigenvalue weighted by molar-refractivity contribution is 5.87. The summed E-state index contributed by atoms with van der Waals surface area (Å²) in [5.74, 6) is -1.06. The third-order valence-corrected chi connectivity index (χ3v) is 8.24. The van der Waals surface area contributed by atoms with Crippen LogP contribution < -0.4 is 9.47 Å². The Bertz CT molecular complexity index is 890. The topological polar surface area (TPSA) is 65.0 Å². The first-order valence-electron chi connectivity index (χ1n) is 14.2. The van der Waals surface area contributed by atoms with Gasteiger partial charge in [0, 0.05) is 6.07 Å².